The quantitative estimate of drug-likeness (QED) is 0.291. The first-order valence-corrected chi connectivity index (χ1v) is 3.99. The minimum atomic E-state index is -1.21. The van der Waals surface area contributed by atoms with Gasteiger partial charge in [-0.25, -0.2) is 4.79 Å². The molecule has 1 atom stereocenters. The Bertz CT molecular complexity index is 268. The number of esters is 1. The number of carbonyl (C=O) groups excluding carboxylic acids is 2. The first kappa shape index (κ1) is 9.89. The molecule has 1 unspecified atom stereocenters. The molecular weight excluding hydrogens is 175 g/mol. The highest BCUT2D eigenvalue weighted by molar-refractivity contribution is 5.90. The molecule has 1 saturated carbocycles. The molecule has 0 amide bonds. The van der Waals surface area contributed by atoms with Crippen molar-refractivity contribution >= 4 is 12.4 Å². The highest BCUT2D eigenvalue weighted by Crippen LogP contribution is 2.52. The van der Waals surface area contributed by atoms with E-state index in [4.69, 9.17) is 0 Å². The van der Waals surface area contributed by atoms with Crippen molar-refractivity contribution in [3.05, 3.63) is 11.9 Å². The SMILES string of the molecule is CC1(C)CC1C=C(F)C(=O)OC=O. The van der Waals surface area contributed by atoms with Gasteiger partial charge in [0.15, 0.2) is 0 Å². The lowest BCUT2D eigenvalue weighted by atomic mass is 10.1. The van der Waals surface area contributed by atoms with Crippen LogP contribution in [0, 0.1) is 11.3 Å². The summed E-state index contributed by atoms with van der Waals surface area (Å²) in [4.78, 5) is 20.3. The summed E-state index contributed by atoms with van der Waals surface area (Å²) in [6, 6.07) is 0. The van der Waals surface area contributed by atoms with Gasteiger partial charge in [0, 0.05) is 0 Å². The maximum absolute atomic E-state index is 12.8. The number of halogens is 1. The van der Waals surface area contributed by atoms with Gasteiger partial charge in [-0.15, -0.1) is 0 Å². The Morgan fingerprint density at radius 2 is 2.15 bits per heavy atom. The van der Waals surface area contributed by atoms with Crippen LogP contribution in [0.25, 0.3) is 0 Å². The predicted molar refractivity (Wildman–Crippen MR) is 43.2 cm³/mol. The summed E-state index contributed by atoms with van der Waals surface area (Å²) in [5, 5.41) is 0. The number of carbonyl (C=O) groups is 2. The summed E-state index contributed by atoms with van der Waals surface area (Å²) >= 11 is 0. The summed E-state index contributed by atoms with van der Waals surface area (Å²) in [7, 11) is 0. The second-order valence-corrected chi connectivity index (χ2v) is 3.82. The molecule has 0 N–H and O–H groups in total. The number of allylic oxidation sites excluding steroid dienone is 1. The van der Waals surface area contributed by atoms with E-state index in [1.807, 2.05) is 13.8 Å². The zero-order valence-corrected chi connectivity index (χ0v) is 7.54. The van der Waals surface area contributed by atoms with Crippen molar-refractivity contribution < 1.29 is 18.7 Å². The molecule has 3 nitrogen and oxygen atoms in total. The lowest BCUT2D eigenvalue weighted by molar-refractivity contribution is -0.149. The second kappa shape index (κ2) is 3.28. The highest BCUT2D eigenvalue weighted by atomic mass is 19.1. The van der Waals surface area contributed by atoms with Crippen molar-refractivity contribution in [3.63, 3.8) is 0 Å². The van der Waals surface area contributed by atoms with Gasteiger partial charge in [-0.05, 0) is 23.8 Å². The molecule has 0 aliphatic heterocycles. The molecule has 0 radical (unpaired) electrons. The molecule has 0 bridgehead atoms. The van der Waals surface area contributed by atoms with Gasteiger partial charge in [0.25, 0.3) is 0 Å². The molecule has 0 saturated heterocycles. The van der Waals surface area contributed by atoms with Crippen molar-refractivity contribution in [3.8, 4) is 0 Å². The van der Waals surface area contributed by atoms with Gasteiger partial charge in [0.2, 0.25) is 5.83 Å². The van der Waals surface area contributed by atoms with Crippen molar-refractivity contribution in [1.29, 1.82) is 0 Å². The van der Waals surface area contributed by atoms with E-state index in [2.05, 4.69) is 4.74 Å². The van der Waals surface area contributed by atoms with Crippen molar-refractivity contribution in [2.75, 3.05) is 0 Å². The molecule has 1 aliphatic rings. The van der Waals surface area contributed by atoms with E-state index in [1.54, 1.807) is 0 Å². The van der Waals surface area contributed by atoms with Gasteiger partial charge in [-0.1, -0.05) is 13.8 Å². The highest BCUT2D eigenvalue weighted by Gasteiger charge is 2.44. The summed E-state index contributed by atoms with van der Waals surface area (Å²) in [5.74, 6) is -2.12. The molecule has 0 spiro atoms. The van der Waals surface area contributed by atoms with Crippen LogP contribution >= 0.6 is 0 Å². The fraction of sp³-hybridized carbons (Fsp3) is 0.556. The minimum absolute atomic E-state index is 0.0683. The lowest BCUT2D eigenvalue weighted by Gasteiger charge is -1.97. The normalized spacial score (nSPS) is 25.2. The monoisotopic (exact) mass is 186 g/mol. The molecule has 72 valence electrons. The van der Waals surface area contributed by atoms with E-state index in [1.165, 1.54) is 6.08 Å². The first-order valence-electron chi connectivity index (χ1n) is 3.99. The van der Waals surface area contributed by atoms with Gasteiger partial charge < -0.3 is 4.74 Å². The van der Waals surface area contributed by atoms with Crippen LogP contribution in [0.2, 0.25) is 0 Å². The summed E-state index contributed by atoms with van der Waals surface area (Å²) in [6.07, 6.45) is 2.07. The first-order chi connectivity index (χ1) is 5.97. The average Bonchev–Trinajstić information content (AvgIpc) is 2.59. The Labute approximate surface area is 75.6 Å². The Balaban J connectivity index is 2.53. The third-order valence-electron chi connectivity index (χ3n) is 2.29. The summed E-state index contributed by atoms with van der Waals surface area (Å²) in [6.45, 7) is 3.88. The van der Waals surface area contributed by atoms with Crippen molar-refractivity contribution in [1.82, 2.24) is 0 Å². The van der Waals surface area contributed by atoms with Crippen LogP contribution in [-0.4, -0.2) is 12.4 Å². The Kier molecular flexibility index (Phi) is 2.50. The second-order valence-electron chi connectivity index (χ2n) is 3.82. The lowest BCUT2D eigenvalue weighted by Crippen LogP contribution is -2.03. The van der Waals surface area contributed by atoms with E-state index in [0.29, 0.717) is 0 Å². The topological polar surface area (TPSA) is 43.4 Å². The molecule has 1 rings (SSSR count). The average molecular weight is 186 g/mol. The molecule has 0 aromatic heterocycles. The summed E-state index contributed by atoms with van der Waals surface area (Å²) < 4.78 is 16.7. The van der Waals surface area contributed by atoms with Crippen LogP contribution in [0.1, 0.15) is 20.3 Å². The third kappa shape index (κ3) is 2.37. The van der Waals surface area contributed by atoms with Crippen LogP contribution < -0.4 is 0 Å². The van der Waals surface area contributed by atoms with Gasteiger partial charge >= 0.3 is 12.4 Å². The number of ether oxygens (including phenoxy) is 1. The Morgan fingerprint density at radius 3 is 2.54 bits per heavy atom. The maximum atomic E-state index is 12.8. The molecule has 0 aromatic rings. The van der Waals surface area contributed by atoms with E-state index in [0.717, 1.165) is 6.42 Å². The van der Waals surface area contributed by atoms with E-state index in [9.17, 15) is 14.0 Å². The molecule has 4 heteroatoms. The van der Waals surface area contributed by atoms with Gasteiger partial charge in [0.05, 0.1) is 0 Å². The van der Waals surface area contributed by atoms with Crippen LogP contribution in [0.3, 0.4) is 0 Å². The standard InChI is InChI=1S/C9H11FO3/c1-9(2)4-6(9)3-7(10)8(12)13-5-11/h3,5-6H,4H2,1-2H3. The fourth-order valence-electron chi connectivity index (χ4n) is 1.14. The van der Waals surface area contributed by atoms with E-state index < -0.39 is 11.8 Å². The van der Waals surface area contributed by atoms with Gasteiger partial charge in [-0.2, -0.15) is 4.39 Å². The Morgan fingerprint density at radius 1 is 1.62 bits per heavy atom. The number of rotatable bonds is 3. The van der Waals surface area contributed by atoms with Crippen LogP contribution in [0.4, 0.5) is 4.39 Å². The maximum Gasteiger partial charge on any atom is 0.374 e. The largest absolute Gasteiger partial charge is 0.390 e. The van der Waals surface area contributed by atoms with Crippen molar-refractivity contribution in [2.45, 2.75) is 20.3 Å². The molecule has 0 aromatic carbocycles. The smallest absolute Gasteiger partial charge is 0.374 e. The number of hydrogen-bond acceptors (Lipinski definition) is 3. The molecular formula is C9H11FO3. The zero-order valence-electron chi connectivity index (χ0n) is 7.54. The van der Waals surface area contributed by atoms with Crippen molar-refractivity contribution in [2.24, 2.45) is 11.3 Å². The van der Waals surface area contributed by atoms with E-state index >= 15 is 0 Å². The third-order valence-corrected chi connectivity index (χ3v) is 2.29. The zero-order chi connectivity index (χ0) is 10.1. The van der Waals surface area contributed by atoms with Crippen LogP contribution in [0.15, 0.2) is 11.9 Å². The predicted octanol–water partition coefficient (Wildman–Crippen LogP) is 1.59. The Hall–Kier alpha value is -1.19. The van der Waals surface area contributed by atoms with Gasteiger partial charge in [-0.3, -0.25) is 4.79 Å². The molecule has 1 aliphatic carbocycles. The van der Waals surface area contributed by atoms with Crippen LogP contribution in [0.5, 0.6) is 0 Å². The van der Waals surface area contributed by atoms with Gasteiger partial charge in [0.1, 0.15) is 0 Å². The fourth-order valence-corrected chi connectivity index (χ4v) is 1.14. The molecule has 13 heavy (non-hydrogen) atoms. The molecule has 1 fully saturated rings. The van der Waals surface area contributed by atoms with Crippen LogP contribution in [-0.2, 0) is 14.3 Å². The number of hydrogen-bond donors (Lipinski definition) is 0. The summed E-state index contributed by atoms with van der Waals surface area (Å²) in [5.41, 5.74) is 0.0683. The molecule has 0 heterocycles. The minimum Gasteiger partial charge on any atom is -0.390 e. The van der Waals surface area contributed by atoms with E-state index in [-0.39, 0.29) is 17.8 Å².